The number of amides is 1. The maximum atomic E-state index is 11.3. The maximum absolute atomic E-state index is 11.3. The van der Waals surface area contributed by atoms with E-state index in [4.69, 9.17) is 0 Å². The molecule has 0 aliphatic carbocycles. The van der Waals surface area contributed by atoms with E-state index < -0.39 is 0 Å². The van der Waals surface area contributed by atoms with E-state index in [9.17, 15) is 4.79 Å². The number of methoxy groups -OCH3 is 1. The minimum Gasteiger partial charge on any atom is -0.453 e. The highest BCUT2D eigenvalue weighted by atomic mass is 32.2. The van der Waals surface area contributed by atoms with E-state index in [0.717, 1.165) is 32.5 Å². The second-order valence-corrected chi connectivity index (χ2v) is 7.49. The number of carbonyl (C=O) groups excluding carboxylic acids is 1. The number of nitrogens with zero attached hydrogens (tertiary/aromatic N) is 1. The summed E-state index contributed by atoms with van der Waals surface area (Å²) in [7, 11) is 1.41. The van der Waals surface area contributed by atoms with E-state index in [-0.39, 0.29) is 12.1 Å². The van der Waals surface area contributed by atoms with Crippen molar-refractivity contribution in [2.45, 2.75) is 30.3 Å². The Balaban J connectivity index is 1.58. The van der Waals surface area contributed by atoms with E-state index in [0.29, 0.717) is 0 Å². The lowest BCUT2D eigenvalue weighted by Crippen LogP contribution is -2.44. The number of alkyl carbamates (subject to hydrolysis) is 1. The van der Waals surface area contributed by atoms with Crippen LogP contribution in [0.25, 0.3) is 11.1 Å². The first-order valence-electron chi connectivity index (χ1n) is 8.98. The van der Waals surface area contributed by atoms with Crippen molar-refractivity contribution in [3.63, 3.8) is 0 Å². The third kappa shape index (κ3) is 5.02. The number of ether oxygens (including phenoxy) is 1. The van der Waals surface area contributed by atoms with Crippen molar-refractivity contribution < 1.29 is 9.53 Å². The fourth-order valence-electron chi connectivity index (χ4n) is 3.35. The van der Waals surface area contributed by atoms with Gasteiger partial charge in [-0.25, -0.2) is 4.79 Å². The van der Waals surface area contributed by atoms with Crippen LogP contribution >= 0.6 is 11.8 Å². The van der Waals surface area contributed by atoms with Crippen molar-refractivity contribution in [1.82, 2.24) is 10.2 Å². The summed E-state index contributed by atoms with van der Waals surface area (Å²) >= 11 is 1.76. The first-order chi connectivity index (χ1) is 12.7. The van der Waals surface area contributed by atoms with Gasteiger partial charge in [0.05, 0.1) is 7.11 Å². The van der Waals surface area contributed by atoms with Crippen LogP contribution in [-0.2, 0) is 11.3 Å². The van der Waals surface area contributed by atoms with Gasteiger partial charge in [0.15, 0.2) is 0 Å². The predicted octanol–water partition coefficient (Wildman–Crippen LogP) is 4.40. The number of carbonyl (C=O) groups is 1. The molecule has 2 aromatic rings. The summed E-state index contributed by atoms with van der Waals surface area (Å²) in [6, 6.07) is 17.7. The number of piperidine rings is 1. The molecule has 26 heavy (non-hydrogen) atoms. The number of rotatable bonds is 5. The van der Waals surface area contributed by atoms with Gasteiger partial charge < -0.3 is 10.1 Å². The molecule has 2 aromatic carbocycles. The molecular formula is C21H26N2O2S. The molecule has 1 N–H and O–H groups in total. The van der Waals surface area contributed by atoms with Crippen LogP contribution in [-0.4, -0.2) is 43.5 Å². The average Bonchev–Trinajstić information content (AvgIpc) is 2.69. The third-order valence-corrected chi connectivity index (χ3v) is 5.60. The third-order valence-electron chi connectivity index (χ3n) is 4.85. The Kier molecular flexibility index (Phi) is 6.58. The monoisotopic (exact) mass is 370 g/mol. The second kappa shape index (κ2) is 9.10. The molecule has 5 heteroatoms. The predicted molar refractivity (Wildman–Crippen MR) is 107 cm³/mol. The number of likely N-dealkylation sites (tertiary alicyclic amines) is 1. The highest BCUT2D eigenvalue weighted by Gasteiger charge is 2.20. The minimum atomic E-state index is -0.330. The van der Waals surface area contributed by atoms with Crippen molar-refractivity contribution in [3.8, 4) is 11.1 Å². The van der Waals surface area contributed by atoms with E-state index in [2.05, 4.69) is 69.7 Å². The Morgan fingerprint density at radius 1 is 1.15 bits per heavy atom. The minimum absolute atomic E-state index is 0.222. The molecule has 1 amide bonds. The molecule has 0 spiro atoms. The maximum Gasteiger partial charge on any atom is 0.407 e. The normalized spacial score (nSPS) is 15.6. The van der Waals surface area contributed by atoms with Gasteiger partial charge in [-0.15, -0.1) is 11.8 Å². The van der Waals surface area contributed by atoms with Gasteiger partial charge in [-0.3, -0.25) is 4.90 Å². The fourth-order valence-corrected chi connectivity index (χ4v) is 3.76. The molecule has 0 aromatic heterocycles. The van der Waals surface area contributed by atoms with Crippen LogP contribution in [0, 0.1) is 0 Å². The lowest BCUT2D eigenvalue weighted by Gasteiger charge is -2.32. The average molecular weight is 371 g/mol. The van der Waals surface area contributed by atoms with Crippen molar-refractivity contribution in [2.75, 3.05) is 26.5 Å². The van der Waals surface area contributed by atoms with Gasteiger partial charge in [-0.05, 0) is 54.0 Å². The molecule has 1 aliphatic rings. The van der Waals surface area contributed by atoms with Crippen molar-refractivity contribution in [3.05, 3.63) is 54.1 Å². The topological polar surface area (TPSA) is 41.6 Å². The number of hydrogen-bond donors (Lipinski definition) is 1. The van der Waals surface area contributed by atoms with Gasteiger partial charge in [-0.2, -0.15) is 0 Å². The number of thioether (sulfide) groups is 1. The highest BCUT2D eigenvalue weighted by molar-refractivity contribution is 7.98. The first kappa shape index (κ1) is 18.8. The zero-order chi connectivity index (χ0) is 18.4. The molecule has 3 rings (SSSR count). The van der Waals surface area contributed by atoms with Gasteiger partial charge in [-0.1, -0.05) is 30.3 Å². The molecule has 0 unspecified atom stereocenters. The molecule has 138 valence electrons. The van der Waals surface area contributed by atoms with Crippen molar-refractivity contribution in [1.29, 1.82) is 0 Å². The number of nitrogens with one attached hydrogen (secondary N) is 1. The van der Waals surface area contributed by atoms with E-state index in [1.54, 1.807) is 11.8 Å². The smallest absolute Gasteiger partial charge is 0.407 e. The molecule has 1 fully saturated rings. The summed E-state index contributed by atoms with van der Waals surface area (Å²) in [5, 5.41) is 2.90. The summed E-state index contributed by atoms with van der Waals surface area (Å²) in [5.74, 6) is 0. The Morgan fingerprint density at radius 3 is 2.54 bits per heavy atom. The molecule has 4 nitrogen and oxygen atoms in total. The van der Waals surface area contributed by atoms with Crippen LogP contribution in [0.5, 0.6) is 0 Å². The van der Waals surface area contributed by atoms with Gasteiger partial charge in [0, 0.05) is 30.6 Å². The quantitative estimate of drug-likeness (QED) is 0.792. The van der Waals surface area contributed by atoms with Crippen LogP contribution in [0.3, 0.4) is 0 Å². The zero-order valence-electron chi connectivity index (χ0n) is 15.4. The lowest BCUT2D eigenvalue weighted by molar-refractivity contribution is 0.150. The first-order valence-corrected chi connectivity index (χ1v) is 10.2. The fraction of sp³-hybridized carbons (Fsp3) is 0.381. The summed E-state index contributed by atoms with van der Waals surface area (Å²) in [6.07, 6.45) is 3.69. The molecule has 1 aliphatic heterocycles. The Bertz CT molecular complexity index is 725. The van der Waals surface area contributed by atoms with Crippen LogP contribution < -0.4 is 5.32 Å². The van der Waals surface area contributed by atoms with Gasteiger partial charge in [0.25, 0.3) is 0 Å². The molecule has 0 atom stereocenters. The molecule has 0 saturated carbocycles. The summed E-state index contributed by atoms with van der Waals surface area (Å²) in [6.45, 7) is 2.92. The molecule has 0 bridgehead atoms. The highest BCUT2D eigenvalue weighted by Crippen LogP contribution is 2.24. The van der Waals surface area contributed by atoms with E-state index >= 15 is 0 Å². The largest absolute Gasteiger partial charge is 0.453 e. The molecule has 1 heterocycles. The van der Waals surface area contributed by atoms with Gasteiger partial charge in [0.2, 0.25) is 0 Å². The van der Waals surface area contributed by atoms with Crippen LogP contribution in [0.2, 0.25) is 0 Å². The Hall–Kier alpha value is -1.98. The standard InChI is InChI=1S/C21H26N2O2S/c1-25-21(24)22-19-10-12-23(13-11-19)15-16-4-3-5-18(14-16)17-6-8-20(26-2)9-7-17/h3-9,14,19H,10-13,15H2,1-2H3,(H,22,24). The van der Waals surface area contributed by atoms with Crippen molar-refractivity contribution in [2.24, 2.45) is 0 Å². The summed E-state index contributed by atoms with van der Waals surface area (Å²) in [4.78, 5) is 15.1. The molecule has 1 saturated heterocycles. The SMILES string of the molecule is COC(=O)NC1CCN(Cc2cccc(-c3ccc(SC)cc3)c2)CC1. The summed E-state index contributed by atoms with van der Waals surface area (Å²) < 4.78 is 4.68. The van der Waals surface area contributed by atoms with Gasteiger partial charge in [0.1, 0.15) is 0 Å². The number of benzene rings is 2. The number of hydrogen-bond acceptors (Lipinski definition) is 4. The second-order valence-electron chi connectivity index (χ2n) is 6.62. The van der Waals surface area contributed by atoms with Crippen LogP contribution in [0.4, 0.5) is 4.79 Å². The molecule has 0 radical (unpaired) electrons. The van der Waals surface area contributed by atoms with E-state index in [1.165, 1.54) is 28.7 Å². The molecular weight excluding hydrogens is 344 g/mol. The van der Waals surface area contributed by atoms with Crippen LogP contribution in [0.1, 0.15) is 18.4 Å². The summed E-state index contributed by atoms with van der Waals surface area (Å²) in [5.41, 5.74) is 3.85. The zero-order valence-corrected chi connectivity index (χ0v) is 16.2. The van der Waals surface area contributed by atoms with Gasteiger partial charge >= 0.3 is 6.09 Å². The van der Waals surface area contributed by atoms with Crippen LogP contribution in [0.15, 0.2) is 53.4 Å². The van der Waals surface area contributed by atoms with E-state index in [1.807, 2.05) is 0 Å². The Morgan fingerprint density at radius 2 is 1.88 bits per heavy atom. The van der Waals surface area contributed by atoms with Crippen molar-refractivity contribution >= 4 is 17.9 Å². The lowest BCUT2D eigenvalue weighted by atomic mass is 10.0. The Labute approximate surface area is 159 Å².